The van der Waals surface area contributed by atoms with Crippen LogP contribution >= 0.6 is 0 Å². The van der Waals surface area contributed by atoms with Crippen molar-refractivity contribution >= 4 is 11.1 Å². The Hall–Kier alpha value is -1.95. The predicted molar refractivity (Wildman–Crippen MR) is 66.6 cm³/mol. The summed E-state index contributed by atoms with van der Waals surface area (Å²) in [7, 11) is 0. The van der Waals surface area contributed by atoms with Gasteiger partial charge in [0.25, 0.3) is 0 Å². The average Bonchev–Trinajstić information content (AvgIpc) is 2.75. The molecule has 18 heavy (non-hydrogen) atoms. The quantitative estimate of drug-likeness (QED) is 0.652. The molecule has 0 spiro atoms. The predicted octanol–water partition coefficient (Wildman–Crippen LogP) is 2.41. The molecule has 5 heteroatoms. The molecule has 3 unspecified atom stereocenters. The van der Waals surface area contributed by atoms with Gasteiger partial charge < -0.3 is 4.55 Å². The molecule has 4 nitrogen and oxygen atoms in total. The summed E-state index contributed by atoms with van der Waals surface area (Å²) in [5.74, 6) is -0.142. The number of fused-ring (bicyclic) bond motifs is 1. The third-order valence-electron chi connectivity index (χ3n) is 3.06. The van der Waals surface area contributed by atoms with Crippen LogP contribution in [0.25, 0.3) is 0 Å². The van der Waals surface area contributed by atoms with E-state index in [2.05, 4.69) is 0 Å². The van der Waals surface area contributed by atoms with Gasteiger partial charge in [0.05, 0.1) is 5.25 Å². The van der Waals surface area contributed by atoms with Crippen molar-refractivity contribution in [3.8, 4) is 12.1 Å². The van der Waals surface area contributed by atoms with Gasteiger partial charge in [-0.05, 0) is 23.6 Å². The lowest BCUT2D eigenvalue weighted by Crippen LogP contribution is -2.01. The summed E-state index contributed by atoms with van der Waals surface area (Å²) < 4.78 is 20.6. The Labute approximate surface area is 107 Å². The molecule has 1 aliphatic rings. The van der Waals surface area contributed by atoms with Crippen LogP contribution in [0.2, 0.25) is 0 Å². The maximum Gasteiger partial charge on any atom is 0.160 e. The van der Waals surface area contributed by atoms with Gasteiger partial charge >= 0.3 is 0 Å². The second-order valence-electron chi connectivity index (χ2n) is 4.04. The number of benzene rings is 1. The summed E-state index contributed by atoms with van der Waals surface area (Å²) in [5, 5.41) is 17.1. The molecule has 0 radical (unpaired) electrons. The van der Waals surface area contributed by atoms with Crippen molar-refractivity contribution in [3.63, 3.8) is 0 Å². The van der Waals surface area contributed by atoms with E-state index in [-0.39, 0.29) is 11.5 Å². The minimum Gasteiger partial charge on any atom is -0.306 e. The van der Waals surface area contributed by atoms with Crippen LogP contribution in [-0.2, 0) is 11.1 Å². The molecule has 2 rings (SSSR count). The molecule has 0 saturated heterocycles. The molecule has 0 heterocycles. The summed E-state index contributed by atoms with van der Waals surface area (Å²) >= 11 is -1.94. The molecular formula is C13H10N2O2S. The van der Waals surface area contributed by atoms with Crippen LogP contribution in [-0.4, -0.2) is 8.76 Å². The summed E-state index contributed by atoms with van der Waals surface area (Å²) in [4.78, 5) is 0. The van der Waals surface area contributed by atoms with E-state index < -0.39 is 16.3 Å². The maximum atomic E-state index is 11.3. The van der Waals surface area contributed by atoms with E-state index in [0.717, 1.165) is 11.1 Å². The van der Waals surface area contributed by atoms with Gasteiger partial charge in [0.2, 0.25) is 0 Å². The third kappa shape index (κ3) is 2.19. The van der Waals surface area contributed by atoms with E-state index in [9.17, 15) is 8.76 Å². The SMILES string of the molecule is N#CC(C#N)=CC1CC(S(=O)O)c2ccccc21. The van der Waals surface area contributed by atoms with Crippen molar-refractivity contribution < 1.29 is 8.76 Å². The van der Waals surface area contributed by atoms with Crippen LogP contribution < -0.4 is 0 Å². The zero-order valence-electron chi connectivity index (χ0n) is 9.41. The van der Waals surface area contributed by atoms with Crippen molar-refractivity contribution in [2.75, 3.05) is 0 Å². The van der Waals surface area contributed by atoms with E-state index in [0.29, 0.717) is 6.42 Å². The molecule has 0 bridgehead atoms. The highest BCUT2D eigenvalue weighted by Crippen LogP contribution is 2.43. The highest BCUT2D eigenvalue weighted by molar-refractivity contribution is 7.79. The average molecular weight is 258 g/mol. The van der Waals surface area contributed by atoms with E-state index in [4.69, 9.17) is 10.5 Å². The summed E-state index contributed by atoms with van der Waals surface area (Å²) in [6.07, 6.45) is 2.03. The van der Waals surface area contributed by atoms with Gasteiger partial charge in [-0.1, -0.05) is 24.3 Å². The number of nitrogens with zero attached hydrogens (tertiary/aromatic N) is 2. The molecule has 3 atom stereocenters. The number of hydrogen-bond donors (Lipinski definition) is 1. The first-order valence-electron chi connectivity index (χ1n) is 5.38. The lowest BCUT2D eigenvalue weighted by atomic mass is 9.99. The first kappa shape index (κ1) is 12.5. The molecule has 1 aliphatic carbocycles. The number of rotatable bonds is 2. The fourth-order valence-electron chi connectivity index (χ4n) is 2.28. The molecular weight excluding hydrogens is 248 g/mol. The summed E-state index contributed by atoms with van der Waals surface area (Å²) in [6.45, 7) is 0. The molecule has 0 amide bonds. The van der Waals surface area contributed by atoms with Gasteiger partial charge in [-0.3, -0.25) is 0 Å². The van der Waals surface area contributed by atoms with E-state index in [1.54, 1.807) is 6.08 Å². The molecule has 0 fully saturated rings. The fraction of sp³-hybridized carbons (Fsp3) is 0.231. The monoisotopic (exact) mass is 258 g/mol. The van der Waals surface area contributed by atoms with Crippen LogP contribution in [0.4, 0.5) is 0 Å². The maximum absolute atomic E-state index is 11.3. The molecule has 1 N–H and O–H groups in total. The van der Waals surface area contributed by atoms with E-state index in [1.165, 1.54) is 0 Å². The first-order chi connectivity index (χ1) is 8.67. The van der Waals surface area contributed by atoms with Crippen molar-refractivity contribution in [2.24, 2.45) is 0 Å². The van der Waals surface area contributed by atoms with Crippen LogP contribution in [0, 0.1) is 22.7 Å². The third-order valence-corrected chi connectivity index (χ3v) is 4.00. The van der Waals surface area contributed by atoms with Crippen molar-refractivity contribution in [2.45, 2.75) is 17.6 Å². The fourth-order valence-corrected chi connectivity index (χ4v) is 3.08. The smallest absolute Gasteiger partial charge is 0.160 e. The second-order valence-corrected chi connectivity index (χ2v) is 5.16. The van der Waals surface area contributed by atoms with Gasteiger partial charge in [0.1, 0.15) is 17.7 Å². The standard InChI is InChI=1S/C13H10N2O2S/c14-7-9(8-15)5-10-6-13(18(16)17)12-4-2-1-3-11(10)12/h1-5,10,13H,6H2,(H,16,17). The van der Waals surface area contributed by atoms with Crippen LogP contribution in [0.15, 0.2) is 35.9 Å². The van der Waals surface area contributed by atoms with Gasteiger partial charge in [0.15, 0.2) is 11.1 Å². The van der Waals surface area contributed by atoms with Gasteiger partial charge in [-0.15, -0.1) is 0 Å². The van der Waals surface area contributed by atoms with E-state index in [1.807, 2.05) is 36.4 Å². The largest absolute Gasteiger partial charge is 0.306 e. The zero-order valence-corrected chi connectivity index (χ0v) is 10.2. The Bertz CT molecular complexity index is 594. The van der Waals surface area contributed by atoms with Gasteiger partial charge in [-0.25, -0.2) is 4.21 Å². The van der Waals surface area contributed by atoms with Crippen molar-refractivity contribution in [3.05, 3.63) is 47.0 Å². The van der Waals surface area contributed by atoms with Crippen molar-refractivity contribution in [1.82, 2.24) is 0 Å². The molecule has 0 aliphatic heterocycles. The van der Waals surface area contributed by atoms with E-state index >= 15 is 0 Å². The Balaban J connectivity index is 2.44. The normalized spacial score (nSPS) is 22.4. The van der Waals surface area contributed by atoms with Gasteiger partial charge in [-0.2, -0.15) is 10.5 Å². The van der Waals surface area contributed by atoms with Crippen LogP contribution in [0.1, 0.15) is 28.7 Å². The lowest BCUT2D eigenvalue weighted by Gasteiger charge is -2.04. The summed E-state index contributed by atoms with van der Waals surface area (Å²) in [5.41, 5.74) is 1.79. The molecule has 0 saturated carbocycles. The molecule has 1 aromatic carbocycles. The lowest BCUT2D eigenvalue weighted by molar-refractivity contribution is 0.546. The van der Waals surface area contributed by atoms with Crippen LogP contribution in [0.3, 0.4) is 0 Å². The van der Waals surface area contributed by atoms with Crippen LogP contribution in [0.5, 0.6) is 0 Å². The Morgan fingerprint density at radius 3 is 2.50 bits per heavy atom. The topological polar surface area (TPSA) is 84.9 Å². The zero-order chi connectivity index (χ0) is 13.1. The Morgan fingerprint density at radius 2 is 1.94 bits per heavy atom. The number of hydrogen-bond acceptors (Lipinski definition) is 3. The molecule has 90 valence electrons. The van der Waals surface area contributed by atoms with Crippen molar-refractivity contribution in [1.29, 1.82) is 10.5 Å². The van der Waals surface area contributed by atoms with Gasteiger partial charge in [0, 0.05) is 5.92 Å². The second kappa shape index (κ2) is 5.14. The molecule has 1 aromatic rings. The Morgan fingerprint density at radius 1 is 1.33 bits per heavy atom. The number of allylic oxidation sites excluding steroid dienone is 2. The number of nitriles is 2. The Kier molecular flexibility index (Phi) is 3.57. The molecule has 0 aromatic heterocycles. The summed E-state index contributed by atoms with van der Waals surface area (Å²) in [6, 6.07) is 11.0. The minimum atomic E-state index is -1.94. The minimum absolute atomic E-state index is 0.0409. The first-order valence-corrected chi connectivity index (χ1v) is 6.55. The highest BCUT2D eigenvalue weighted by atomic mass is 32.2. The highest BCUT2D eigenvalue weighted by Gasteiger charge is 2.33.